The number of carboxylic acid groups (broad SMARTS) is 1. The number of carboxylic acids is 1. The molecular weight excluding hydrogens is 344 g/mol. The number of amides is 1. The Hall–Kier alpha value is -1.79. The van der Waals surface area contributed by atoms with Crippen LogP contribution in [0.15, 0.2) is 24.3 Å². The number of carbonyl (C=O) groups excluding carboxylic acids is 1. The summed E-state index contributed by atoms with van der Waals surface area (Å²) in [5.74, 6) is -0.155. The minimum atomic E-state index is -0.729. The zero-order chi connectivity index (χ0) is 17.4. The van der Waals surface area contributed by atoms with Gasteiger partial charge in [0.2, 0.25) is 5.91 Å². The van der Waals surface area contributed by atoms with Gasteiger partial charge in [0, 0.05) is 6.54 Å². The van der Waals surface area contributed by atoms with E-state index in [0.29, 0.717) is 45.6 Å². The maximum atomic E-state index is 11.9. The van der Waals surface area contributed by atoms with E-state index in [1.165, 1.54) is 0 Å². The number of halogens is 1. The first kappa shape index (κ1) is 21.3. The topological polar surface area (TPSA) is 78.9 Å². The summed E-state index contributed by atoms with van der Waals surface area (Å²) < 4.78 is 5.64. The fraction of sp³-hybridized carbons (Fsp3) is 0.556. The van der Waals surface area contributed by atoms with Crippen LogP contribution in [0.3, 0.4) is 0 Å². The van der Waals surface area contributed by atoms with Gasteiger partial charge in [-0.05, 0) is 57.0 Å². The molecule has 0 atom stereocenters. The Kier molecular flexibility index (Phi) is 9.31. The highest BCUT2D eigenvalue weighted by Gasteiger charge is 2.25. The van der Waals surface area contributed by atoms with E-state index in [2.05, 4.69) is 5.32 Å². The number of nitrogens with one attached hydrogen (secondary N) is 1. The van der Waals surface area contributed by atoms with Crippen LogP contribution in [0.1, 0.15) is 24.8 Å². The maximum Gasteiger partial charge on any atom is 0.306 e. The first-order chi connectivity index (χ1) is 11.5. The molecule has 25 heavy (non-hydrogen) atoms. The Labute approximate surface area is 154 Å². The van der Waals surface area contributed by atoms with Crippen molar-refractivity contribution in [3.63, 3.8) is 0 Å². The van der Waals surface area contributed by atoms with Crippen LogP contribution in [0.4, 0.5) is 0 Å². The van der Waals surface area contributed by atoms with Crippen molar-refractivity contribution in [2.75, 3.05) is 32.8 Å². The molecule has 2 N–H and O–H groups in total. The molecule has 1 aromatic carbocycles. The fourth-order valence-electron chi connectivity index (χ4n) is 2.79. The standard InChI is InChI=1S/C18H26N2O4.ClH/c1-14-4-2-5-16(12-14)24-11-3-8-19-17(21)13-20-9-6-15(7-10-20)18(22)23;/h2,4-5,12,15H,3,6-11,13H2,1H3,(H,19,21)(H,22,23);1H. The van der Waals surface area contributed by atoms with Crippen molar-refractivity contribution in [1.82, 2.24) is 10.2 Å². The Morgan fingerprint density at radius 2 is 2.04 bits per heavy atom. The minimum Gasteiger partial charge on any atom is -0.494 e. The molecule has 1 fully saturated rings. The average Bonchev–Trinajstić information content (AvgIpc) is 2.55. The van der Waals surface area contributed by atoms with Crippen LogP contribution >= 0.6 is 12.4 Å². The summed E-state index contributed by atoms with van der Waals surface area (Å²) >= 11 is 0. The Bertz CT molecular complexity index is 560. The zero-order valence-electron chi connectivity index (χ0n) is 14.6. The molecule has 0 unspecified atom stereocenters. The van der Waals surface area contributed by atoms with Gasteiger partial charge in [0.25, 0.3) is 0 Å². The molecule has 1 heterocycles. The minimum absolute atomic E-state index is 0. The number of carbonyl (C=O) groups is 2. The lowest BCUT2D eigenvalue weighted by Crippen LogP contribution is -2.42. The van der Waals surface area contributed by atoms with Gasteiger partial charge in [-0.25, -0.2) is 0 Å². The van der Waals surface area contributed by atoms with E-state index in [-0.39, 0.29) is 24.2 Å². The first-order valence-corrected chi connectivity index (χ1v) is 8.46. The van der Waals surface area contributed by atoms with Crippen molar-refractivity contribution in [3.8, 4) is 5.75 Å². The second-order valence-corrected chi connectivity index (χ2v) is 6.26. The average molecular weight is 371 g/mol. The van der Waals surface area contributed by atoms with Crippen molar-refractivity contribution < 1.29 is 19.4 Å². The second kappa shape index (κ2) is 10.9. The molecule has 1 aromatic rings. The summed E-state index contributed by atoms with van der Waals surface area (Å²) in [4.78, 5) is 24.8. The van der Waals surface area contributed by atoms with Gasteiger partial charge in [0.15, 0.2) is 0 Å². The summed E-state index contributed by atoms with van der Waals surface area (Å²) in [6.07, 6.45) is 1.99. The van der Waals surface area contributed by atoms with Crippen molar-refractivity contribution in [1.29, 1.82) is 0 Å². The first-order valence-electron chi connectivity index (χ1n) is 8.46. The highest BCUT2D eigenvalue weighted by molar-refractivity contribution is 5.85. The summed E-state index contributed by atoms with van der Waals surface area (Å²) in [7, 11) is 0. The van der Waals surface area contributed by atoms with Crippen molar-refractivity contribution in [2.24, 2.45) is 5.92 Å². The maximum absolute atomic E-state index is 11.9. The number of aliphatic carboxylic acids is 1. The lowest BCUT2D eigenvalue weighted by molar-refractivity contribution is -0.143. The molecule has 1 saturated heterocycles. The summed E-state index contributed by atoms with van der Waals surface area (Å²) in [6.45, 7) is 4.84. The van der Waals surface area contributed by atoms with E-state index in [1.54, 1.807) is 0 Å². The van der Waals surface area contributed by atoms with Crippen molar-refractivity contribution in [3.05, 3.63) is 29.8 Å². The van der Waals surface area contributed by atoms with E-state index in [9.17, 15) is 9.59 Å². The molecular formula is C18H27ClN2O4. The van der Waals surface area contributed by atoms with Gasteiger partial charge in [0.05, 0.1) is 19.1 Å². The van der Waals surface area contributed by atoms with Gasteiger partial charge in [-0.1, -0.05) is 12.1 Å². The number of hydrogen-bond donors (Lipinski definition) is 2. The number of ether oxygens (including phenoxy) is 1. The molecule has 0 bridgehead atoms. The fourth-order valence-corrected chi connectivity index (χ4v) is 2.79. The molecule has 0 spiro atoms. The number of benzene rings is 1. The Morgan fingerprint density at radius 3 is 2.68 bits per heavy atom. The molecule has 0 radical (unpaired) electrons. The number of piperidine rings is 1. The van der Waals surface area contributed by atoms with Gasteiger partial charge >= 0.3 is 5.97 Å². The molecule has 1 aliphatic rings. The third-order valence-corrected chi connectivity index (χ3v) is 4.21. The summed E-state index contributed by atoms with van der Waals surface area (Å²) in [6, 6.07) is 7.89. The monoisotopic (exact) mass is 370 g/mol. The van der Waals surface area contributed by atoms with Crippen LogP contribution < -0.4 is 10.1 Å². The summed E-state index contributed by atoms with van der Waals surface area (Å²) in [5, 5.41) is 11.8. The van der Waals surface area contributed by atoms with E-state index >= 15 is 0 Å². The normalized spacial score (nSPS) is 15.2. The number of likely N-dealkylation sites (tertiary alicyclic amines) is 1. The molecule has 0 aromatic heterocycles. The quantitative estimate of drug-likeness (QED) is 0.685. The van der Waals surface area contributed by atoms with E-state index in [0.717, 1.165) is 17.7 Å². The number of aryl methyl sites for hydroxylation is 1. The zero-order valence-corrected chi connectivity index (χ0v) is 15.4. The van der Waals surface area contributed by atoms with Gasteiger partial charge in [0.1, 0.15) is 5.75 Å². The Balaban J connectivity index is 0.00000312. The molecule has 140 valence electrons. The molecule has 2 rings (SSSR count). The van der Waals surface area contributed by atoms with Crippen LogP contribution in [0.25, 0.3) is 0 Å². The molecule has 1 amide bonds. The van der Waals surface area contributed by atoms with E-state index in [1.807, 2.05) is 36.1 Å². The van der Waals surface area contributed by atoms with Gasteiger partial charge < -0.3 is 15.2 Å². The SMILES string of the molecule is Cc1cccc(OCCCNC(=O)CN2CCC(C(=O)O)CC2)c1.Cl. The number of hydrogen-bond acceptors (Lipinski definition) is 4. The van der Waals surface area contributed by atoms with Crippen LogP contribution in [-0.4, -0.2) is 54.7 Å². The predicted octanol–water partition coefficient (Wildman–Crippen LogP) is 2.10. The largest absolute Gasteiger partial charge is 0.494 e. The van der Waals surface area contributed by atoms with Gasteiger partial charge in [-0.2, -0.15) is 0 Å². The lowest BCUT2D eigenvalue weighted by atomic mass is 9.97. The molecule has 0 saturated carbocycles. The molecule has 6 nitrogen and oxygen atoms in total. The van der Waals surface area contributed by atoms with Crippen LogP contribution in [-0.2, 0) is 9.59 Å². The van der Waals surface area contributed by atoms with Crippen LogP contribution in [0, 0.1) is 12.8 Å². The van der Waals surface area contributed by atoms with Gasteiger partial charge in [-0.15, -0.1) is 12.4 Å². The van der Waals surface area contributed by atoms with Crippen LogP contribution in [0.2, 0.25) is 0 Å². The molecule has 1 aliphatic heterocycles. The van der Waals surface area contributed by atoms with E-state index in [4.69, 9.17) is 9.84 Å². The predicted molar refractivity (Wildman–Crippen MR) is 98.3 cm³/mol. The third-order valence-electron chi connectivity index (χ3n) is 4.21. The second-order valence-electron chi connectivity index (χ2n) is 6.26. The smallest absolute Gasteiger partial charge is 0.306 e. The number of rotatable bonds is 8. The highest BCUT2D eigenvalue weighted by Crippen LogP contribution is 2.16. The van der Waals surface area contributed by atoms with Crippen molar-refractivity contribution >= 4 is 24.3 Å². The molecule has 7 heteroatoms. The Morgan fingerprint density at radius 1 is 1.32 bits per heavy atom. The lowest BCUT2D eigenvalue weighted by Gasteiger charge is -2.29. The van der Waals surface area contributed by atoms with Crippen LogP contribution in [0.5, 0.6) is 5.75 Å². The third kappa shape index (κ3) is 7.75. The highest BCUT2D eigenvalue weighted by atomic mass is 35.5. The summed E-state index contributed by atoms with van der Waals surface area (Å²) in [5.41, 5.74) is 1.16. The molecule has 0 aliphatic carbocycles. The van der Waals surface area contributed by atoms with E-state index < -0.39 is 5.97 Å². The number of nitrogens with zero attached hydrogens (tertiary/aromatic N) is 1. The van der Waals surface area contributed by atoms with Gasteiger partial charge in [-0.3, -0.25) is 14.5 Å². The van der Waals surface area contributed by atoms with Crippen molar-refractivity contribution in [2.45, 2.75) is 26.2 Å².